The number of imide groups is 1. The quantitative estimate of drug-likeness (QED) is 0.227. The molecule has 0 fully saturated rings. The maximum absolute atomic E-state index is 13.4. The molecule has 2 amide bonds. The summed E-state index contributed by atoms with van der Waals surface area (Å²) in [4.78, 5) is 63.2. The molecule has 0 saturated heterocycles. The highest BCUT2D eigenvalue weighted by atomic mass is 32.1. The molecular weight excluding hydrogens is 512 g/mol. The molecule has 2 aliphatic rings. The van der Waals surface area contributed by atoms with Gasteiger partial charge in [-0.2, -0.15) is 4.68 Å². The van der Waals surface area contributed by atoms with Crippen molar-refractivity contribution >= 4 is 34.1 Å². The van der Waals surface area contributed by atoms with E-state index in [2.05, 4.69) is 10.7 Å². The molecule has 38 heavy (non-hydrogen) atoms. The highest BCUT2D eigenvalue weighted by Gasteiger charge is 2.40. The summed E-state index contributed by atoms with van der Waals surface area (Å²) in [6.45, 7) is 0.584. The fraction of sp³-hybridized carbons (Fsp3) is 0.192. The Morgan fingerprint density at radius 1 is 1.05 bits per heavy atom. The van der Waals surface area contributed by atoms with Gasteiger partial charge in [-0.25, -0.2) is 4.79 Å². The lowest BCUT2D eigenvalue weighted by atomic mass is 9.97. The molecule has 3 N–H and O–H groups in total. The fourth-order valence-corrected chi connectivity index (χ4v) is 5.90. The first-order valence-electron chi connectivity index (χ1n) is 11.8. The Kier molecular flexibility index (Phi) is 5.69. The standard InChI is InChI=1S/C26H20N4O7S/c31-22-15-7-4-8-17(37-12-13-5-2-1-3-6-13)19(15)23(32)29(22)11-14-9-16-18(10-27-14)38-21(20(16)26(35)36)28-30-24(33)25(30)34/h1-8,14,27-28H,9-12H2,(H,35,36). The summed E-state index contributed by atoms with van der Waals surface area (Å²) >= 11 is 1.14. The molecule has 2 aromatic heterocycles. The summed E-state index contributed by atoms with van der Waals surface area (Å²) in [6, 6.07) is 14.0. The second-order valence-electron chi connectivity index (χ2n) is 9.03. The summed E-state index contributed by atoms with van der Waals surface area (Å²) in [5, 5.41) is 13.3. The number of nitrogens with one attached hydrogen (secondary N) is 2. The summed E-state index contributed by atoms with van der Waals surface area (Å²) in [5.74, 6) is -1.78. The number of aromatic nitrogens is 1. The Hall–Kier alpha value is -4.55. The minimum absolute atomic E-state index is 0.0250. The first kappa shape index (κ1) is 23.8. The van der Waals surface area contributed by atoms with Crippen molar-refractivity contribution in [2.45, 2.75) is 25.6 Å². The number of carboxylic acids is 1. The molecule has 192 valence electrons. The first-order valence-corrected chi connectivity index (χ1v) is 12.6. The van der Waals surface area contributed by atoms with E-state index in [1.165, 1.54) is 0 Å². The van der Waals surface area contributed by atoms with Gasteiger partial charge in [-0.1, -0.05) is 36.4 Å². The Morgan fingerprint density at radius 3 is 2.53 bits per heavy atom. The number of amides is 2. The number of anilines is 1. The third-order valence-corrected chi connectivity index (χ3v) is 7.80. The van der Waals surface area contributed by atoms with Gasteiger partial charge in [-0.15, -0.1) is 11.3 Å². The van der Waals surface area contributed by atoms with E-state index in [9.17, 15) is 29.1 Å². The Labute approximate surface area is 218 Å². The summed E-state index contributed by atoms with van der Waals surface area (Å²) < 4.78 is 6.65. The summed E-state index contributed by atoms with van der Waals surface area (Å²) in [5.41, 5.74) is 3.02. The lowest BCUT2D eigenvalue weighted by molar-refractivity contribution is 0.0629. The van der Waals surface area contributed by atoms with Crippen LogP contribution in [0.3, 0.4) is 0 Å². The Balaban J connectivity index is 1.21. The van der Waals surface area contributed by atoms with Crippen molar-refractivity contribution < 1.29 is 24.2 Å². The second kappa shape index (κ2) is 9.08. The van der Waals surface area contributed by atoms with Crippen LogP contribution in [0, 0.1) is 0 Å². The molecule has 2 aromatic carbocycles. The van der Waals surface area contributed by atoms with Crippen LogP contribution in [0.1, 0.15) is 47.1 Å². The molecule has 6 rings (SSSR count). The van der Waals surface area contributed by atoms with E-state index in [1.54, 1.807) is 18.2 Å². The molecule has 1 unspecified atom stereocenters. The van der Waals surface area contributed by atoms with Crippen molar-refractivity contribution in [1.82, 2.24) is 14.9 Å². The van der Waals surface area contributed by atoms with E-state index in [0.29, 0.717) is 17.9 Å². The van der Waals surface area contributed by atoms with Gasteiger partial charge in [0.2, 0.25) is 0 Å². The topological polar surface area (TPSA) is 147 Å². The van der Waals surface area contributed by atoms with Crippen molar-refractivity contribution in [2.75, 3.05) is 12.0 Å². The van der Waals surface area contributed by atoms with Gasteiger partial charge in [0.05, 0.1) is 16.7 Å². The third kappa shape index (κ3) is 3.99. The monoisotopic (exact) mass is 532 g/mol. The van der Waals surface area contributed by atoms with Gasteiger partial charge in [0, 0.05) is 24.0 Å². The van der Waals surface area contributed by atoms with E-state index in [-0.39, 0.29) is 41.3 Å². The van der Waals surface area contributed by atoms with Crippen molar-refractivity contribution in [2.24, 2.45) is 0 Å². The predicted octanol–water partition coefficient (Wildman–Crippen LogP) is 1.61. The molecule has 4 heterocycles. The minimum atomic E-state index is -1.20. The molecule has 0 aliphatic carbocycles. The number of carbonyl (C=O) groups is 3. The number of nitrogens with zero attached hydrogens (tertiary/aromatic N) is 2. The number of hydrogen-bond donors (Lipinski definition) is 3. The highest BCUT2D eigenvalue weighted by molar-refractivity contribution is 7.16. The normalized spacial score (nSPS) is 16.5. The molecule has 0 spiro atoms. The van der Waals surface area contributed by atoms with Gasteiger partial charge in [-0.3, -0.25) is 29.5 Å². The number of fused-ring (bicyclic) bond motifs is 2. The summed E-state index contributed by atoms with van der Waals surface area (Å²) in [7, 11) is 0. The van der Waals surface area contributed by atoms with Gasteiger partial charge >= 0.3 is 17.1 Å². The molecule has 0 radical (unpaired) electrons. The average molecular weight is 533 g/mol. The molecule has 4 aromatic rings. The number of benzene rings is 2. The number of ether oxygens (including phenoxy) is 1. The van der Waals surface area contributed by atoms with Gasteiger partial charge in [0.1, 0.15) is 17.4 Å². The number of carbonyl (C=O) groups excluding carboxylic acids is 2. The zero-order valence-electron chi connectivity index (χ0n) is 19.7. The van der Waals surface area contributed by atoms with Crippen LogP contribution in [-0.4, -0.2) is 45.1 Å². The smallest absolute Gasteiger partial charge is 0.340 e. The molecule has 0 saturated carbocycles. The Bertz CT molecular complexity index is 1660. The predicted molar refractivity (Wildman–Crippen MR) is 137 cm³/mol. The first-order chi connectivity index (χ1) is 18.3. The SMILES string of the molecule is O=C(O)c1c(Nn2c(=O)c2=O)sc2c1CC(CN1C(=O)c3cccc(OCc4ccccc4)c3C1=O)NC2. The third-order valence-electron chi connectivity index (χ3n) is 6.66. The highest BCUT2D eigenvalue weighted by Crippen LogP contribution is 2.37. The summed E-state index contributed by atoms with van der Waals surface area (Å²) in [6.07, 6.45) is 0.238. The van der Waals surface area contributed by atoms with Gasteiger partial charge in [-0.05, 0) is 29.7 Å². The van der Waals surface area contributed by atoms with Crippen LogP contribution in [0.4, 0.5) is 5.00 Å². The maximum atomic E-state index is 13.4. The fourth-order valence-electron chi connectivity index (χ4n) is 4.74. The largest absolute Gasteiger partial charge is 0.488 e. The van der Waals surface area contributed by atoms with Gasteiger partial charge in [0.15, 0.2) is 0 Å². The van der Waals surface area contributed by atoms with Crippen LogP contribution < -0.4 is 26.6 Å². The zero-order chi connectivity index (χ0) is 26.6. The zero-order valence-corrected chi connectivity index (χ0v) is 20.5. The van der Waals surface area contributed by atoms with Crippen LogP contribution in [0.5, 0.6) is 5.75 Å². The minimum Gasteiger partial charge on any atom is -0.488 e. The maximum Gasteiger partial charge on any atom is 0.340 e. The van der Waals surface area contributed by atoms with E-state index in [1.807, 2.05) is 30.3 Å². The van der Waals surface area contributed by atoms with Crippen LogP contribution >= 0.6 is 11.3 Å². The number of rotatable bonds is 8. The second-order valence-corrected chi connectivity index (χ2v) is 10.1. The average Bonchev–Trinajstić information content (AvgIpc) is 3.22. The van der Waals surface area contributed by atoms with Crippen LogP contribution in [0.15, 0.2) is 58.1 Å². The van der Waals surface area contributed by atoms with E-state index in [0.717, 1.165) is 31.4 Å². The lowest BCUT2D eigenvalue weighted by Crippen LogP contribution is -2.46. The van der Waals surface area contributed by atoms with Gasteiger partial charge < -0.3 is 15.2 Å². The van der Waals surface area contributed by atoms with E-state index >= 15 is 0 Å². The molecule has 0 bridgehead atoms. The number of thiophene rings is 1. The van der Waals surface area contributed by atoms with Crippen molar-refractivity contribution in [1.29, 1.82) is 0 Å². The molecule has 2 aliphatic heterocycles. The lowest BCUT2D eigenvalue weighted by Gasteiger charge is -2.27. The number of hydrogen-bond acceptors (Lipinski definition) is 9. The Morgan fingerprint density at radius 2 is 1.82 bits per heavy atom. The molecule has 12 heteroatoms. The van der Waals surface area contributed by atoms with Crippen LogP contribution in [0.2, 0.25) is 0 Å². The number of carboxylic acid groups (broad SMARTS) is 1. The van der Waals surface area contributed by atoms with Crippen LogP contribution in [0.25, 0.3) is 0 Å². The van der Waals surface area contributed by atoms with Gasteiger partial charge in [0.25, 0.3) is 11.8 Å². The molecule has 1 atom stereocenters. The molecular formula is C26H20N4O7S. The molecule has 11 nitrogen and oxygen atoms in total. The van der Waals surface area contributed by atoms with Crippen LogP contribution in [-0.2, 0) is 19.6 Å². The van der Waals surface area contributed by atoms with E-state index in [4.69, 9.17) is 4.74 Å². The number of aromatic carboxylic acids is 1. The van der Waals surface area contributed by atoms with Crippen molar-refractivity contribution in [3.8, 4) is 5.75 Å². The van der Waals surface area contributed by atoms with E-state index < -0.39 is 34.9 Å². The van der Waals surface area contributed by atoms with Crippen molar-refractivity contribution in [3.05, 3.63) is 102 Å². The van der Waals surface area contributed by atoms with Crippen molar-refractivity contribution in [3.63, 3.8) is 0 Å².